The molecule has 0 aromatic rings. The topological polar surface area (TPSA) is 35.0 Å². The molecule has 0 aromatic heterocycles. The van der Waals surface area contributed by atoms with Crippen LogP contribution in [-0.4, -0.2) is 0 Å². The van der Waals surface area contributed by atoms with E-state index in [9.17, 15) is 0 Å². The molecule has 0 amide bonds. The first-order valence-corrected chi connectivity index (χ1v) is 0. The fourth-order valence-corrected chi connectivity index (χ4v) is 0. The summed E-state index contributed by atoms with van der Waals surface area (Å²) in [5, 5.41) is 0. The Labute approximate surface area is 75.6 Å². The van der Waals surface area contributed by atoms with E-state index in [1.54, 1.807) is 0 Å². The van der Waals surface area contributed by atoms with Crippen molar-refractivity contribution in [3.05, 3.63) is 0 Å². The predicted molar refractivity (Wildman–Crippen MR) is 5.02 cm³/mol. The largest absolute Gasteiger partial charge is 4.00 e. The van der Waals surface area contributed by atoms with Crippen LogP contribution < -0.4 is 55.8 Å². The number of hydrogen-bond donors (Lipinski definition) is 1. The minimum absolute atomic E-state index is 0. The van der Waals surface area contributed by atoms with Crippen LogP contribution >= 0.6 is 0 Å². The summed E-state index contributed by atoms with van der Waals surface area (Å²) in [6.45, 7) is 0. The quantitative estimate of drug-likeness (QED) is 0.462. The Morgan fingerprint density at radius 3 is 0.500 bits per heavy atom. The molecule has 0 saturated carbocycles. The first-order chi connectivity index (χ1) is 0. The molecule has 3 N–H and O–H groups in total. The van der Waals surface area contributed by atoms with Crippen molar-refractivity contribution in [1.29, 1.82) is 0 Å². The summed E-state index contributed by atoms with van der Waals surface area (Å²) in [4.78, 5) is 0. The summed E-state index contributed by atoms with van der Waals surface area (Å²) in [7, 11) is 0. The summed E-state index contributed by atoms with van der Waals surface area (Å²) in [5.74, 6) is 0. The van der Waals surface area contributed by atoms with Crippen LogP contribution in [0.3, 0.4) is 0 Å². The van der Waals surface area contributed by atoms with Gasteiger partial charge < -0.3 is 55.8 Å². The average Bonchev–Trinajstić information content (AvgIpc) is 0. The van der Waals surface area contributed by atoms with Gasteiger partial charge in [0.25, 0.3) is 0 Å². The smallest absolute Gasteiger partial charge is 1.00 e. The van der Waals surface area contributed by atoms with Crippen molar-refractivity contribution in [1.82, 2.24) is 6.15 Å². The number of rotatable bonds is 0. The Bertz CT molecular complexity index is 7.51. The second kappa shape index (κ2) is 72.0. The van der Waals surface area contributed by atoms with Crippen LogP contribution in [0.4, 0.5) is 0 Å². The van der Waals surface area contributed by atoms with Gasteiger partial charge in [0.05, 0.1) is 0 Å². The summed E-state index contributed by atoms with van der Waals surface area (Å²) in [6.07, 6.45) is 0. The van der Waals surface area contributed by atoms with E-state index in [0.29, 0.717) is 0 Å². The Morgan fingerprint density at radius 2 is 0.500 bits per heavy atom. The fourth-order valence-electron chi connectivity index (χ4n) is 0. The third-order valence-electron chi connectivity index (χ3n) is 0. The van der Waals surface area contributed by atoms with Crippen molar-refractivity contribution in [3.8, 4) is 0 Å². The molecule has 6 heteroatoms. The van der Waals surface area contributed by atoms with E-state index in [4.69, 9.17) is 0 Å². The standard InChI is InChI=1S/4ClH.Ir.H3N/h4*1H;;1H3/q;;;;+4;/p-4. The summed E-state index contributed by atoms with van der Waals surface area (Å²) < 4.78 is 0. The summed E-state index contributed by atoms with van der Waals surface area (Å²) in [6, 6.07) is 0. The van der Waals surface area contributed by atoms with Gasteiger partial charge in [-0.15, -0.1) is 0 Å². The van der Waals surface area contributed by atoms with Crippen molar-refractivity contribution < 1.29 is 69.7 Å². The Kier molecular flexibility index (Phi) is 1360. The SMILES string of the molecule is N.[Cl-].[Cl-].[Cl-].[Cl-].[Ir+4]. The van der Waals surface area contributed by atoms with Gasteiger partial charge in [0.15, 0.2) is 0 Å². The van der Waals surface area contributed by atoms with Gasteiger partial charge in [0.2, 0.25) is 0 Å². The molecule has 0 aliphatic heterocycles. The van der Waals surface area contributed by atoms with E-state index in [-0.39, 0.29) is 75.9 Å². The molecule has 1 radical (unpaired) electrons. The molecule has 1 nitrogen and oxygen atoms in total. The molecule has 0 aliphatic rings. The van der Waals surface area contributed by atoms with Gasteiger partial charge in [-0.05, 0) is 0 Å². The van der Waals surface area contributed by atoms with Gasteiger partial charge in [0, 0.05) is 0 Å². The van der Waals surface area contributed by atoms with Crippen LogP contribution in [0, 0.1) is 0 Å². The van der Waals surface area contributed by atoms with Crippen LogP contribution in [-0.2, 0) is 20.1 Å². The van der Waals surface area contributed by atoms with Crippen LogP contribution in [0.1, 0.15) is 0 Å². The molecule has 0 atom stereocenters. The maximum Gasteiger partial charge on any atom is 4.00 e. The first-order valence-electron chi connectivity index (χ1n) is 0. The molecular weight excluding hydrogens is 348 g/mol. The van der Waals surface area contributed by atoms with Gasteiger partial charge in [0.1, 0.15) is 0 Å². The van der Waals surface area contributed by atoms with E-state index in [2.05, 4.69) is 0 Å². The second-order valence-electron chi connectivity index (χ2n) is 0. The fraction of sp³-hybridized carbons (Fsp3) is 0. The number of hydrogen-bond acceptors (Lipinski definition) is 1. The molecule has 0 unspecified atom stereocenters. The second-order valence-corrected chi connectivity index (χ2v) is 0. The van der Waals surface area contributed by atoms with Gasteiger partial charge in [-0.25, -0.2) is 0 Å². The van der Waals surface area contributed by atoms with Gasteiger partial charge >= 0.3 is 20.1 Å². The van der Waals surface area contributed by atoms with Crippen molar-refractivity contribution in [2.24, 2.45) is 0 Å². The minimum atomic E-state index is 0. The number of halogens is 4. The molecule has 0 rings (SSSR count). The molecule has 0 bridgehead atoms. The Balaban J connectivity index is 0. The van der Waals surface area contributed by atoms with Crippen LogP contribution in [0.15, 0.2) is 0 Å². The van der Waals surface area contributed by atoms with E-state index < -0.39 is 0 Å². The normalized spacial score (nSPS) is 0. The van der Waals surface area contributed by atoms with Crippen molar-refractivity contribution in [3.63, 3.8) is 0 Å². The van der Waals surface area contributed by atoms with Crippen LogP contribution in [0.5, 0.6) is 0 Å². The zero-order chi connectivity index (χ0) is 0. The first kappa shape index (κ1) is 114. The van der Waals surface area contributed by atoms with E-state index >= 15 is 0 Å². The van der Waals surface area contributed by atoms with Gasteiger partial charge in [-0.3, -0.25) is 0 Å². The maximum atomic E-state index is 0. The molecule has 0 fully saturated rings. The summed E-state index contributed by atoms with van der Waals surface area (Å²) >= 11 is 0. The van der Waals surface area contributed by atoms with E-state index in [1.165, 1.54) is 0 Å². The molecule has 0 heterocycles. The monoisotopic (exact) mass is 350 g/mol. The molecular formula is H3Cl4IrN. The molecule has 0 spiro atoms. The van der Waals surface area contributed by atoms with E-state index in [1.807, 2.05) is 0 Å². The maximum absolute atomic E-state index is 0. The van der Waals surface area contributed by atoms with E-state index in [0.717, 1.165) is 0 Å². The van der Waals surface area contributed by atoms with Gasteiger partial charge in [-0.2, -0.15) is 0 Å². The molecule has 6 heavy (non-hydrogen) atoms. The average molecular weight is 351 g/mol. The zero-order valence-electron chi connectivity index (χ0n) is 2.55. The molecule has 0 saturated heterocycles. The van der Waals surface area contributed by atoms with Crippen molar-refractivity contribution >= 4 is 0 Å². The Hall–Kier alpha value is 1.77. The third kappa shape index (κ3) is 41.9. The predicted octanol–water partition coefficient (Wildman–Crippen LogP) is -11.8. The van der Waals surface area contributed by atoms with Crippen molar-refractivity contribution in [2.75, 3.05) is 0 Å². The molecule has 0 aromatic carbocycles. The molecule has 45 valence electrons. The van der Waals surface area contributed by atoms with Crippen LogP contribution in [0.25, 0.3) is 0 Å². The molecule has 0 aliphatic carbocycles. The Morgan fingerprint density at radius 1 is 0.500 bits per heavy atom. The third-order valence-corrected chi connectivity index (χ3v) is 0. The minimum Gasteiger partial charge on any atom is -1.00 e. The van der Waals surface area contributed by atoms with Gasteiger partial charge in [-0.1, -0.05) is 0 Å². The zero-order valence-corrected chi connectivity index (χ0v) is 7.97. The van der Waals surface area contributed by atoms with Crippen molar-refractivity contribution in [2.45, 2.75) is 0 Å². The summed E-state index contributed by atoms with van der Waals surface area (Å²) in [5.41, 5.74) is 0. The van der Waals surface area contributed by atoms with Crippen LogP contribution in [0.2, 0.25) is 0 Å².